The van der Waals surface area contributed by atoms with Crippen LogP contribution in [0.15, 0.2) is 28.7 Å². The molecule has 0 aliphatic carbocycles. The largest absolute Gasteiger partial charge is 0.349 e. The second-order valence-corrected chi connectivity index (χ2v) is 5.65. The Hall–Kier alpha value is -0.870. The predicted molar refractivity (Wildman–Crippen MR) is 76.3 cm³/mol. The lowest BCUT2D eigenvalue weighted by Crippen LogP contribution is -2.41. The van der Waals surface area contributed by atoms with Gasteiger partial charge in [0, 0.05) is 11.0 Å². The highest BCUT2D eigenvalue weighted by molar-refractivity contribution is 9.10. The molecule has 1 aromatic rings. The summed E-state index contributed by atoms with van der Waals surface area (Å²) in [6.45, 7) is 3.85. The van der Waals surface area contributed by atoms with E-state index in [9.17, 15) is 4.79 Å². The van der Waals surface area contributed by atoms with Crippen molar-refractivity contribution in [1.29, 1.82) is 0 Å². The van der Waals surface area contributed by atoms with E-state index in [0.717, 1.165) is 36.0 Å². The zero-order chi connectivity index (χ0) is 13.0. The molecule has 1 fully saturated rings. The molecule has 3 nitrogen and oxygen atoms in total. The molecule has 2 N–H and O–H groups in total. The van der Waals surface area contributed by atoms with Gasteiger partial charge in [0.25, 0.3) is 0 Å². The van der Waals surface area contributed by atoms with E-state index < -0.39 is 0 Å². The summed E-state index contributed by atoms with van der Waals surface area (Å²) in [5.74, 6) is 0.272. The van der Waals surface area contributed by atoms with Crippen molar-refractivity contribution in [3.05, 3.63) is 34.3 Å². The highest BCUT2D eigenvalue weighted by Crippen LogP contribution is 2.23. The average Bonchev–Trinajstić information content (AvgIpc) is 2.40. The van der Waals surface area contributed by atoms with Crippen molar-refractivity contribution in [2.75, 3.05) is 13.1 Å². The quantitative estimate of drug-likeness (QED) is 0.901. The molecule has 4 heteroatoms. The topological polar surface area (TPSA) is 41.1 Å². The summed E-state index contributed by atoms with van der Waals surface area (Å²) >= 11 is 3.52. The number of nitrogens with one attached hydrogen (secondary N) is 2. The van der Waals surface area contributed by atoms with Gasteiger partial charge in [-0.1, -0.05) is 34.1 Å². The van der Waals surface area contributed by atoms with E-state index in [4.69, 9.17) is 0 Å². The molecule has 1 aromatic carbocycles. The van der Waals surface area contributed by atoms with Crippen LogP contribution in [0.25, 0.3) is 0 Å². The van der Waals surface area contributed by atoms with Crippen molar-refractivity contribution >= 4 is 21.8 Å². The summed E-state index contributed by atoms with van der Waals surface area (Å²) < 4.78 is 1.04. The zero-order valence-corrected chi connectivity index (χ0v) is 12.2. The van der Waals surface area contributed by atoms with E-state index in [-0.39, 0.29) is 17.9 Å². The number of hydrogen-bond acceptors (Lipinski definition) is 2. The van der Waals surface area contributed by atoms with Crippen LogP contribution in [-0.4, -0.2) is 19.0 Å². The number of halogens is 1. The van der Waals surface area contributed by atoms with Gasteiger partial charge in [-0.15, -0.1) is 0 Å². The molecule has 0 unspecified atom stereocenters. The molecule has 18 heavy (non-hydrogen) atoms. The fourth-order valence-corrected chi connectivity index (χ4v) is 2.94. The van der Waals surface area contributed by atoms with Crippen molar-refractivity contribution in [1.82, 2.24) is 10.6 Å². The Balaban J connectivity index is 1.96. The molecule has 0 aromatic heterocycles. The van der Waals surface area contributed by atoms with E-state index in [1.807, 2.05) is 31.2 Å². The fourth-order valence-electron chi connectivity index (χ4n) is 2.31. The molecule has 2 rings (SSSR count). The summed E-state index contributed by atoms with van der Waals surface area (Å²) in [5, 5.41) is 6.37. The third kappa shape index (κ3) is 3.33. The zero-order valence-electron chi connectivity index (χ0n) is 10.6. The molecule has 1 amide bonds. The predicted octanol–water partition coefficient (Wildman–Crippen LogP) is 2.63. The van der Waals surface area contributed by atoms with Gasteiger partial charge in [0.05, 0.1) is 12.0 Å². The molecule has 0 spiro atoms. The van der Waals surface area contributed by atoms with Gasteiger partial charge < -0.3 is 10.6 Å². The minimum atomic E-state index is 0.0370. The molecule has 1 heterocycles. The minimum Gasteiger partial charge on any atom is -0.349 e. The highest BCUT2D eigenvalue weighted by atomic mass is 79.9. The van der Waals surface area contributed by atoms with E-state index >= 15 is 0 Å². The first kappa shape index (κ1) is 13.6. The van der Waals surface area contributed by atoms with Crippen molar-refractivity contribution in [3.8, 4) is 0 Å². The van der Waals surface area contributed by atoms with E-state index in [1.165, 1.54) is 0 Å². The first-order chi connectivity index (χ1) is 8.68. The molecule has 1 aliphatic rings. The van der Waals surface area contributed by atoms with Crippen LogP contribution in [0.5, 0.6) is 0 Å². The van der Waals surface area contributed by atoms with Crippen molar-refractivity contribution in [2.24, 2.45) is 5.92 Å². The molecule has 1 saturated heterocycles. The van der Waals surface area contributed by atoms with Crippen LogP contribution >= 0.6 is 15.9 Å². The second kappa shape index (κ2) is 6.34. The lowest BCUT2D eigenvalue weighted by atomic mass is 9.98. The number of benzene rings is 1. The van der Waals surface area contributed by atoms with Gasteiger partial charge in [0.2, 0.25) is 5.91 Å². The van der Waals surface area contributed by atoms with Gasteiger partial charge in [0.15, 0.2) is 0 Å². The summed E-state index contributed by atoms with van der Waals surface area (Å²) in [6, 6.07) is 8.04. The van der Waals surface area contributed by atoms with Crippen LogP contribution in [0.4, 0.5) is 0 Å². The maximum atomic E-state index is 12.1. The number of amides is 1. The Morgan fingerprint density at radius 1 is 1.50 bits per heavy atom. The minimum absolute atomic E-state index is 0.0370. The summed E-state index contributed by atoms with van der Waals surface area (Å²) in [5.41, 5.74) is 1.12. The van der Waals surface area contributed by atoms with Gasteiger partial charge in [-0.3, -0.25) is 4.79 Å². The lowest BCUT2D eigenvalue weighted by molar-refractivity contribution is -0.126. The molecular formula is C14H19BrN2O. The molecule has 0 radical (unpaired) electrons. The molecular weight excluding hydrogens is 292 g/mol. The standard InChI is InChI=1S/C14H19BrN2O/c1-10(12-6-2-3-7-13(12)15)17-14(18)11-5-4-8-16-9-11/h2-3,6-7,10-11,16H,4-5,8-9H2,1H3,(H,17,18)/t10-,11+/m1/s1. The third-order valence-electron chi connectivity index (χ3n) is 3.40. The van der Waals surface area contributed by atoms with Crippen LogP contribution in [0.2, 0.25) is 0 Å². The number of carbonyl (C=O) groups excluding carboxylic acids is 1. The summed E-state index contributed by atoms with van der Waals surface area (Å²) in [7, 11) is 0. The Morgan fingerprint density at radius 2 is 2.28 bits per heavy atom. The maximum Gasteiger partial charge on any atom is 0.224 e. The van der Waals surface area contributed by atoms with E-state index in [0.29, 0.717) is 0 Å². The van der Waals surface area contributed by atoms with Gasteiger partial charge in [-0.05, 0) is 37.9 Å². The maximum absolute atomic E-state index is 12.1. The molecule has 0 bridgehead atoms. The molecule has 1 aliphatic heterocycles. The van der Waals surface area contributed by atoms with Gasteiger partial charge in [-0.25, -0.2) is 0 Å². The van der Waals surface area contributed by atoms with Crippen LogP contribution in [0.3, 0.4) is 0 Å². The number of rotatable bonds is 3. The van der Waals surface area contributed by atoms with Crippen LogP contribution < -0.4 is 10.6 Å². The Labute approximate surface area is 116 Å². The Bertz CT molecular complexity index is 416. The highest BCUT2D eigenvalue weighted by Gasteiger charge is 2.22. The molecule has 0 saturated carbocycles. The van der Waals surface area contributed by atoms with Gasteiger partial charge in [-0.2, -0.15) is 0 Å². The van der Waals surface area contributed by atoms with Gasteiger partial charge >= 0.3 is 0 Å². The van der Waals surface area contributed by atoms with Crippen molar-refractivity contribution < 1.29 is 4.79 Å². The number of hydrogen-bond donors (Lipinski definition) is 2. The third-order valence-corrected chi connectivity index (χ3v) is 4.12. The molecule has 2 atom stereocenters. The van der Waals surface area contributed by atoms with Crippen molar-refractivity contribution in [2.45, 2.75) is 25.8 Å². The first-order valence-corrected chi connectivity index (χ1v) is 7.23. The second-order valence-electron chi connectivity index (χ2n) is 4.80. The normalized spacial score (nSPS) is 21.3. The monoisotopic (exact) mass is 310 g/mol. The van der Waals surface area contributed by atoms with Crippen molar-refractivity contribution in [3.63, 3.8) is 0 Å². The van der Waals surface area contributed by atoms with E-state index in [1.54, 1.807) is 0 Å². The first-order valence-electron chi connectivity index (χ1n) is 6.44. The Morgan fingerprint density at radius 3 is 2.94 bits per heavy atom. The SMILES string of the molecule is C[C@@H](NC(=O)[C@H]1CCCNC1)c1ccccc1Br. The van der Waals surface area contributed by atoms with E-state index in [2.05, 4.69) is 26.6 Å². The fraction of sp³-hybridized carbons (Fsp3) is 0.500. The van der Waals surface area contributed by atoms with Gasteiger partial charge in [0.1, 0.15) is 0 Å². The summed E-state index contributed by atoms with van der Waals surface area (Å²) in [6.07, 6.45) is 2.07. The average molecular weight is 311 g/mol. The van der Waals surface area contributed by atoms with Crippen LogP contribution in [-0.2, 0) is 4.79 Å². The smallest absolute Gasteiger partial charge is 0.224 e. The van der Waals surface area contributed by atoms with Crippen LogP contribution in [0.1, 0.15) is 31.4 Å². The van der Waals surface area contributed by atoms with Crippen LogP contribution in [0, 0.1) is 5.92 Å². The molecule has 98 valence electrons. The number of piperidine rings is 1. The summed E-state index contributed by atoms with van der Waals surface area (Å²) in [4.78, 5) is 12.1. The lowest BCUT2D eigenvalue weighted by Gasteiger charge is -2.24. The number of carbonyl (C=O) groups is 1. The Kier molecular flexibility index (Phi) is 4.78.